The Labute approximate surface area is 152 Å². The van der Waals surface area contributed by atoms with Gasteiger partial charge in [0.05, 0.1) is 18.8 Å². The molecule has 2 aromatic rings. The number of hydrogen-bond acceptors (Lipinski definition) is 4. The van der Waals surface area contributed by atoms with Gasteiger partial charge in [0.2, 0.25) is 5.91 Å². The normalized spacial score (nSPS) is 14.0. The first-order chi connectivity index (χ1) is 12.0. The largest absolute Gasteiger partial charge is 0.508 e. The number of carboxylic acid groups (broad SMARTS) is 1. The quantitative estimate of drug-likeness (QED) is 0.764. The third kappa shape index (κ3) is 4.61. The van der Waals surface area contributed by atoms with Crippen molar-refractivity contribution in [3.63, 3.8) is 0 Å². The maximum Gasteiger partial charge on any atom is 0.335 e. The van der Waals surface area contributed by atoms with Crippen molar-refractivity contribution >= 4 is 22.6 Å². The van der Waals surface area contributed by atoms with Crippen molar-refractivity contribution in [3.8, 4) is 5.75 Å². The number of carbonyl (C=O) groups excluding carboxylic acids is 1. The van der Waals surface area contributed by atoms with Gasteiger partial charge in [-0.2, -0.15) is 0 Å². The average molecular weight is 357 g/mol. The summed E-state index contributed by atoms with van der Waals surface area (Å²) in [5.41, 5.74) is 1.57. The van der Waals surface area contributed by atoms with Crippen molar-refractivity contribution < 1.29 is 24.5 Å². The van der Waals surface area contributed by atoms with E-state index in [1.807, 2.05) is 24.3 Å². The van der Waals surface area contributed by atoms with E-state index in [9.17, 15) is 14.7 Å². The molecule has 1 heterocycles. The summed E-state index contributed by atoms with van der Waals surface area (Å²) in [4.78, 5) is 23.3. The highest BCUT2D eigenvalue weighted by Crippen LogP contribution is 2.21. The third-order valence-corrected chi connectivity index (χ3v) is 4.18. The lowest BCUT2D eigenvalue weighted by Gasteiger charge is -2.19. The standard InChI is InChI=1S/C19H19NO5.CH4/c21-15-5-4-13-9-12(1-3-14(13)10-15)2-6-18(22)20-17-7-8-25-11-16(17)19(23)24;/h1,3-5,9-10,21H,2,6-8,11H2,(H,20,22)(H,23,24);1H4. The van der Waals surface area contributed by atoms with Crippen LogP contribution in [0.2, 0.25) is 0 Å². The number of carbonyl (C=O) groups is 2. The van der Waals surface area contributed by atoms with Crippen molar-refractivity contribution in [2.75, 3.05) is 13.2 Å². The fraction of sp³-hybridized carbons (Fsp3) is 0.300. The Balaban J connectivity index is 0.00000243. The number of amides is 1. The molecule has 0 radical (unpaired) electrons. The first kappa shape index (κ1) is 19.5. The Morgan fingerprint density at radius 2 is 1.85 bits per heavy atom. The molecule has 0 aromatic heterocycles. The number of rotatable bonds is 5. The zero-order chi connectivity index (χ0) is 17.8. The number of aryl methyl sites for hydroxylation is 1. The number of ether oxygens (including phenoxy) is 1. The van der Waals surface area contributed by atoms with E-state index < -0.39 is 5.97 Å². The summed E-state index contributed by atoms with van der Waals surface area (Å²) in [6.45, 7) is 0.423. The summed E-state index contributed by atoms with van der Waals surface area (Å²) in [6, 6.07) is 11.0. The number of aromatic hydroxyl groups is 1. The van der Waals surface area contributed by atoms with E-state index in [1.165, 1.54) is 0 Å². The summed E-state index contributed by atoms with van der Waals surface area (Å²) in [6.07, 6.45) is 1.21. The van der Waals surface area contributed by atoms with Gasteiger partial charge < -0.3 is 20.3 Å². The predicted octanol–water partition coefficient (Wildman–Crippen LogP) is 2.99. The number of aliphatic carboxylic acids is 1. The SMILES string of the molecule is C.O=C(CCc1ccc2cc(O)ccc2c1)NC1=C(C(=O)O)COCC1. The summed E-state index contributed by atoms with van der Waals surface area (Å²) >= 11 is 0. The molecule has 0 saturated heterocycles. The Morgan fingerprint density at radius 3 is 2.62 bits per heavy atom. The van der Waals surface area contributed by atoms with Gasteiger partial charge in [-0.1, -0.05) is 31.7 Å². The average Bonchev–Trinajstić information content (AvgIpc) is 2.60. The van der Waals surface area contributed by atoms with E-state index in [0.717, 1.165) is 16.3 Å². The molecule has 0 unspecified atom stereocenters. The van der Waals surface area contributed by atoms with E-state index in [4.69, 9.17) is 9.84 Å². The molecule has 26 heavy (non-hydrogen) atoms. The van der Waals surface area contributed by atoms with Crippen molar-refractivity contribution in [1.82, 2.24) is 5.32 Å². The smallest absolute Gasteiger partial charge is 0.335 e. The van der Waals surface area contributed by atoms with E-state index in [-0.39, 0.29) is 37.7 Å². The fourth-order valence-electron chi connectivity index (χ4n) is 2.84. The van der Waals surface area contributed by atoms with Gasteiger partial charge in [-0.25, -0.2) is 4.79 Å². The highest BCUT2D eigenvalue weighted by Gasteiger charge is 2.20. The van der Waals surface area contributed by atoms with Crippen LogP contribution < -0.4 is 5.32 Å². The van der Waals surface area contributed by atoms with Crippen LogP contribution in [0.25, 0.3) is 10.8 Å². The molecule has 0 fully saturated rings. The number of carboxylic acids is 1. The number of benzene rings is 2. The monoisotopic (exact) mass is 357 g/mol. The zero-order valence-electron chi connectivity index (χ0n) is 13.6. The molecule has 6 heteroatoms. The van der Waals surface area contributed by atoms with Crippen LogP contribution in [-0.2, 0) is 20.7 Å². The molecule has 0 spiro atoms. The van der Waals surface area contributed by atoms with Crippen molar-refractivity contribution in [2.45, 2.75) is 26.7 Å². The molecule has 1 aliphatic heterocycles. The van der Waals surface area contributed by atoms with Crippen LogP contribution in [0, 0.1) is 0 Å². The number of nitrogens with one attached hydrogen (secondary N) is 1. The highest BCUT2D eigenvalue weighted by atomic mass is 16.5. The number of phenolic OH excluding ortho intramolecular Hbond substituents is 1. The molecule has 138 valence electrons. The highest BCUT2D eigenvalue weighted by molar-refractivity contribution is 5.90. The minimum Gasteiger partial charge on any atom is -0.508 e. The summed E-state index contributed by atoms with van der Waals surface area (Å²) in [5.74, 6) is -1.05. The van der Waals surface area contributed by atoms with Crippen molar-refractivity contribution in [3.05, 3.63) is 53.2 Å². The molecule has 3 N–H and O–H groups in total. The molecule has 0 saturated carbocycles. The second kappa shape index (κ2) is 8.49. The first-order valence-electron chi connectivity index (χ1n) is 8.07. The lowest BCUT2D eigenvalue weighted by atomic mass is 10.0. The first-order valence-corrected chi connectivity index (χ1v) is 8.07. The lowest BCUT2D eigenvalue weighted by molar-refractivity contribution is -0.133. The van der Waals surface area contributed by atoms with E-state index in [1.54, 1.807) is 12.1 Å². The van der Waals surface area contributed by atoms with Crippen LogP contribution in [0.1, 0.15) is 25.8 Å². The van der Waals surface area contributed by atoms with Gasteiger partial charge in [0.1, 0.15) is 5.75 Å². The van der Waals surface area contributed by atoms with Gasteiger partial charge in [0.25, 0.3) is 0 Å². The molecule has 1 aliphatic rings. The van der Waals surface area contributed by atoms with E-state index >= 15 is 0 Å². The number of fused-ring (bicyclic) bond motifs is 1. The molecule has 1 amide bonds. The van der Waals surface area contributed by atoms with Crippen molar-refractivity contribution in [1.29, 1.82) is 0 Å². The Bertz CT molecular complexity index is 856. The van der Waals surface area contributed by atoms with Crippen molar-refractivity contribution in [2.24, 2.45) is 0 Å². The second-order valence-electron chi connectivity index (χ2n) is 5.98. The van der Waals surface area contributed by atoms with Crippen LogP contribution in [-0.4, -0.2) is 35.3 Å². The van der Waals surface area contributed by atoms with Gasteiger partial charge >= 0.3 is 5.97 Å². The van der Waals surface area contributed by atoms with E-state index in [2.05, 4.69) is 5.32 Å². The van der Waals surface area contributed by atoms with Crippen LogP contribution >= 0.6 is 0 Å². The Morgan fingerprint density at radius 1 is 1.12 bits per heavy atom. The van der Waals surface area contributed by atoms with E-state index in [0.29, 0.717) is 25.1 Å². The summed E-state index contributed by atoms with van der Waals surface area (Å²) < 4.78 is 5.13. The topological polar surface area (TPSA) is 95.9 Å². The summed E-state index contributed by atoms with van der Waals surface area (Å²) in [5, 5.41) is 23.3. The van der Waals surface area contributed by atoms with Gasteiger partial charge in [-0.15, -0.1) is 0 Å². The van der Waals surface area contributed by atoms with Gasteiger partial charge in [0.15, 0.2) is 0 Å². The lowest BCUT2D eigenvalue weighted by Crippen LogP contribution is -2.30. The molecule has 0 bridgehead atoms. The van der Waals surface area contributed by atoms with Crippen LogP contribution in [0.5, 0.6) is 5.75 Å². The molecular formula is C20H23NO5. The van der Waals surface area contributed by atoms with Crippen LogP contribution in [0.15, 0.2) is 47.7 Å². The van der Waals surface area contributed by atoms with Gasteiger partial charge in [-0.05, 0) is 34.9 Å². The molecule has 3 rings (SSSR count). The maximum absolute atomic E-state index is 12.1. The minimum absolute atomic E-state index is 0. The van der Waals surface area contributed by atoms with Crippen LogP contribution in [0.4, 0.5) is 0 Å². The molecule has 6 nitrogen and oxygen atoms in total. The van der Waals surface area contributed by atoms with Crippen LogP contribution in [0.3, 0.4) is 0 Å². The molecule has 0 atom stereocenters. The van der Waals surface area contributed by atoms with Gasteiger partial charge in [-0.3, -0.25) is 4.79 Å². The third-order valence-electron chi connectivity index (χ3n) is 4.18. The number of hydrogen-bond donors (Lipinski definition) is 3. The molecular weight excluding hydrogens is 334 g/mol. The maximum atomic E-state index is 12.1. The predicted molar refractivity (Wildman–Crippen MR) is 98.9 cm³/mol. The Hall–Kier alpha value is -2.86. The summed E-state index contributed by atoms with van der Waals surface area (Å²) in [7, 11) is 0. The zero-order valence-corrected chi connectivity index (χ0v) is 13.6. The number of phenols is 1. The Kier molecular flexibility index (Phi) is 6.36. The minimum atomic E-state index is -1.06. The van der Waals surface area contributed by atoms with Gasteiger partial charge in [0, 0.05) is 18.5 Å². The second-order valence-corrected chi connectivity index (χ2v) is 5.98. The molecule has 0 aliphatic carbocycles. The fourth-order valence-corrected chi connectivity index (χ4v) is 2.84. The molecule has 2 aromatic carbocycles.